The molecule has 3 N–H and O–H groups in total. The molecule has 0 radical (unpaired) electrons. The van der Waals surface area contributed by atoms with Crippen LogP contribution in [0.3, 0.4) is 0 Å². The van der Waals surface area contributed by atoms with Crippen molar-refractivity contribution in [2.24, 2.45) is 0 Å². The fourth-order valence-electron chi connectivity index (χ4n) is 3.16. The number of aliphatic hydroxyl groups excluding tert-OH is 1. The van der Waals surface area contributed by atoms with Crippen molar-refractivity contribution in [1.82, 2.24) is 4.72 Å². The quantitative estimate of drug-likeness (QED) is 0.468. The van der Waals surface area contributed by atoms with Crippen LogP contribution in [-0.4, -0.2) is 30.7 Å². The van der Waals surface area contributed by atoms with E-state index in [2.05, 4.69) is 0 Å². The minimum absolute atomic E-state index is 0.0441. The molecular weight excluding hydrogens is 396 g/mol. The molecule has 0 aliphatic carbocycles. The van der Waals surface area contributed by atoms with Crippen LogP contribution in [0.4, 0.5) is 5.69 Å². The predicted octanol–water partition coefficient (Wildman–Crippen LogP) is 3.22. The Morgan fingerprint density at radius 1 is 1.14 bits per heavy atom. The molecule has 0 bridgehead atoms. The van der Waals surface area contributed by atoms with Crippen molar-refractivity contribution in [1.29, 1.82) is 0 Å². The molecule has 3 rings (SSSR count). The molecule has 1 aliphatic rings. The number of phenolic OH excluding ortho intramolecular Hbond substituents is 1. The average molecular weight is 420 g/mol. The van der Waals surface area contributed by atoms with Gasteiger partial charge in [-0.2, -0.15) is 8.42 Å². The number of anilines is 1. The van der Waals surface area contributed by atoms with Crippen molar-refractivity contribution in [2.45, 2.75) is 45.6 Å². The number of fused-ring (bicyclic) bond motifs is 1. The van der Waals surface area contributed by atoms with Crippen LogP contribution in [0.15, 0.2) is 42.4 Å². The number of phenols is 1. The Balaban J connectivity index is 1.74. The minimum Gasteiger partial charge on any atom is -0.506 e. The van der Waals surface area contributed by atoms with Gasteiger partial charge in [-0.25, -0.2) is 9.03 Å². The van der Waals surface area contributed by atoms with Gasteiger partial charge in [-0.1, -0.05) is 18.2 Å². The van der Waals surface area contributed by atoms with Gasteiger partial charge < -0.3 is 14.9 Å². The first-order valence-electron chi connectivity index (χ1n) is 9.34. The molecule has 0 fully saturated rings. The first-order valence-corrected chi connectivity index (χ1v) is 10.8. The van der Waals surface area contributed by atoms with E-state index >= 15 is 0 Å². The number of esters is 1. The number of nitrogens with one attached hydrogen (secondary N) is 1. The fourth-order valence-corrected chi connectivity index (χ4v) is 4.22. The maximum atomic E-state index is 12.1. The van der Waals surface area contributed by atoms with Gasteiger partial charge in [0.15, 0.2) is 0 Å². The summed E-state index contributed by atoms with van der Waals surface area (Å²) in [5.41, 5.74) is 1.08. The number of aliphatic hydroxyl groups is 1. The summed E-state index contributed by atoms with van der Waals surface area (Å²) < 4.78 is 32.0. The number of hydrogen-bond donors (Lipinski definition) is 3. The first-order chi connectivity index (χ1) is 13.7. The second-order valence-corrected chi connectivity index (χ2v) is 8.73. The number of nitrogens with zero attached hydrogens (tertiary/aromatic N) is 1. The number of benzene rings is 2. The SMILES string of the molecule is CC(C)OC(=O)CCCCc1ccc2cc(O)c(N3C=C(O)NS3(=O)=O)cc2c1. The number of ether oxygens (including phenoxy) is 1. The molecule has 8 nitrogen and oxygen atoms in total. The van der Waals surface area contributed by atoms with E-state index in [0.717, 1.165) is 39.7 Å². The second kappa shape index (κ2) is 8.20. The molecule has 0 spiro atoms. The van der Waals surface area contributed by atoms with E-state index < -0.39 is 16.1 Å². The molecule has 0 aromatic heterocycles. The van der Waals surface area contributed by atoms with Crippen molar-refractivity contribution in [3.8, 4) is 5.75 Å². The van der Waals surface area contributed by atoms with Crippen molar-refractivity contribution in [3.63, 3.8) is 0 Å². The van der Waals surface area contributed by atoms with Crippen molar-refractivity contribution in [2.75, 3.05) is 4.31 Å². The Kier molecular flexibility index (Phi) is 5.88. The Morgan fingerprint density at radius 2 is 1.90 bits per heavy atom. The lowest BCUT2D eigenvalue weighted by molar-refractivity contribution is -0.147. The predicted molar refractivity (Wildman–Crippen MR) is 110 cm³/mol. The van der Waals surface area contributed by atoms with Crippen molar-refractivity contribution >= 4 is 32.6 Å². The van der Waals surface area contributed by atoms with Crippen molar-refractivity contribution in [3.05, 3.63) is 48.0 Å². The molecule has 0 saturated carbocycles. The summed E-state index contributed by atoms with van der Waals surface area (Å²) in [6, 6.07) is 8.75. The third-order valence-electron chi connectivity index (χ3n) is 4.43. The van der Waals surface area contributed by atoms with Crippen LogP contribution in [-0.2, 0) is 26.2 Å². The van der Waals surface area contributed by atoms with Gasteiger partial charge in [0, 0.05) is 6.42 Å². The van der Waals surface area contributed by atoms with Gasteiger partial charge in [-0.3, -0.25) is 4.79 Å². The van der Waals surface area contributed by atoms with Gasteiger partial charge in [0.05, 0.1) is 12.3 Å². The standard InChI is InChI=1S/C20H24N2O6S/c1-13(2)28-20(25)6-4-3-5-14-7-8-15-11-18(23)17(10-16(15)9-14)22-12-19(24)21-29(22,26)27/h7-13,21,23-24H,3-6H2,1-2H3. The lowest BCUT2D eigenvalue weighted by Crippen LogP contribution is -2.29. The fraction of sp³-hybridized carbons (Fsp3) is 0.350. The highest BCUT2D eigenvalue weighted by atomic mass is 32.2. The number of hydrogen-bond acceptors (Lipinski definition) is 6. The van der Waals surface area contributed by atoms with Crippen molar-refractivity contribution < 1.29 is 28.2 Å². The number of rotatable bonds is 7. The Bertz CT molecular complexity index is 1060. The van der Waals surface area contributed by atoms with Crippen LogP contribution in [0.2, 0.25) is 0 Å². The maximum absolute atomic E-state index is 12.1. The summed E-state index contributed by atoms with van der Waals surface area (Å²) in [5.74, 6) is -0.935. The van der Waals surface area contributed by atoms with E-state index in [1.807, 2.05) is 36.8 Å². The molecule has 0 amide bonds. The highest BCUT2D eigenvalue weighted by Crippen LogP contribution is 2.36. The monoisotopic (exact) mass is 420 g/mol. The molecule has 9 heteroatoms. The summed E-state index contributed by atoms with van der Waals surface area (Å²) in [6.45, 7) is 3.64. The summed E-state index contributed by atoms with van der Waals surface area (Å²) >= 11 is 0. The van der Waals surface area contributed by atoms with E-state index in [9.17, 15) is 23.4 Å². The van der Waals surface area contributed by atoms with Crippen LogP contribution in [0.5, 0.6) is 5.75 Å². The zero-order valence-corrected chi connectivity index (χ0v) is 17.1. The van der Waals surface area contributed by atoms with Crippen LogP contribution < -0.4 is 9.03 Å². The highest BCUT2D eigenvalue weighted by molar-refractivity contribution is 7.91. The molecule has 29 heavy (non-hydrogen) atoms. The highest BCUT2D eigenvalue weighted by Gasteiger charge is 2.30. The zero-order chi connectivity index (χ0) is 21.2. The molecule has 0 atom stereocenters. The van der Waals surface area contributed by atoms with Gasteiger partial charge in [0.25, 0.3) is 0 Å². The number of aromatic hydroxyl groups is 1. The van der Waals surface area contributed by atoms with E-state index in [0.29, 0.717) is 12.8 Å². The summed E-state index contributed by atoms with van der Waals surface area (Å²) in [7, 11) is -3.99. The van der Waals surface area contributed by atoms with Crippen LogP contribution in [0, 0.1) is 0 Å². The Morgan fingerprint density at radius 3 is 2.55 bits per heavy atom. The van der Waals surface area contributed by atoms with Gasteiger partial charge in [0.2, 0.25) is 5.88 Å². The minimum atomic E-state index is -3.99. The third-order valence-corrected chi connectivity index (χ3v) is 5.72. The number of carbonyl (C=O) groups excluding carboxylic acids is 1. The van der Waals surface area contributed by atoms with E-state index in [1.54, 1.807) is 6.07 Å². The Hall–Kier alpha value is -2.94. The molecule has 1 heterocycles. The topological polar surface area (TPSA) is 116 Å². The zero-order valence-electron chi connectivity index (χ0n) is 16.3. The molecular formula is C20H24N2O6S. The summed E-state index contributed by atoms with van der Waals surface area (Å²) in [4.78, 5) is 11.6. The molecule has 1 aliphatic heterocycles. The van der Waals surface area contributed by atoms with Crippen LogP contribution in [0.25, 0.3) is 10.8 Å². The van der Waals surface area contributed by atoms with Gasteiger partial charge in [-0.15, -0.1) is 0 Å². The summed E-state index contributed by atoms with van der Waals surface area (Å²) in [5, 5.41) is 21.2. The number of aryl methyl sites for hydroxylation is 1. The third kappa shape index (κ3) is 4.92. The molecule has 2 aromatic carbocycles. The number of carbonyl (C=O) groups is 1. The average Bonchev–Trinajstić information content (AvgIpc) is 2.89. The summed E-state index contributed by atoms with van der Waals surface area (Å²) in [6.07, 6.45) is 3.54. The number of unbranched alkanes of at least 4 members (excludes halogenated alkanes) is 1. The largest absolute Gasteiger partial charge is 0.506 e. The lowest BCUT2D eigenvalue weighted by Gasteiger charge is -2.16. The van der Waals surface area contributed by atoms with Gasteiger partial charge in [-0.05, 0) is 61.6 Å². The molecule has 0 unspecified atom stereocenters. The molecule has 156 valence electrons. The smallest absolute Gasteiger partial charge is 0.330 e. The van der Waals surface area contributed by atoms with E-state index in [-0.39, 0.29) is 23.5 Å². The van der Waals surface area contributed by atoms with Crippen LogP contribution >= 0.6 is 0 Å². The Labute approximate surface area is 169 Å². The van der Waals surface area contributed by atoms with Gasteiger partial charge in [0.1, 0.15) is 11.4 Å². The maximum Gasteiger partial charge on any atom is 0.330 e. The van der Waals surface area contributed by atoms with E-state index in [1.165, 1.54) is 6.07 Å². The van der Waals surface area contributed by atoms with Gasteiger partial charge >= 0.3 is 16.2 Å². The molecule has 0 saturated heterocycles. The second-order valence-electron chi connectivity index (χ2n) is 7.19. The van der Waals surface area contributed by atoms with E-state index in [4.69, 9.17) is 4.74 Å². The van der Waals surface area contributed by atoms with Crippen LogP contribution in [0.1, 0.15) is 38.7 Å². The first kappa shape index (κ1) is 20.8. The molecule has 2 aromatic rings. The normalized spacial score (nSPS) is 15.4. The lowest BCUT2D eigenvalue weighted by atomic mass is 10.0.